The van der Waals surface area contributed by atoms with Crippen LogP contribution in [0.25, 0.3) is 0 Å². The average molecular weight is 257 g/mol. The minimum Gasteiger partial charge on any atom is -0.379 e. The van der Waals surface area contributed by atoms with Crippen LogP contribution in [0.2, 0.25) is 0 Å². The summed E-state index contributed by atoms with van der Waals surface area (Å²) in [4.78, 5) is 0. The second-order valence-corrected chi connectivity index (χ2v) is 5.20. The maximum Gasteiger partial charge on any atom is 0.123 e. The van der Waals surface area contributed by atoms with Crippen molar-refractivity contribution in [3.63, 3.8) is 0 Å². The van der Waals surface area contributed by atoms with Crippen LogP contribution in [0.1, 0.15) is 43.9 Å². The first-order chi connectivity index (χ1) is 9.06. The van der Waals surface area contributed by atoms with Crippen molar-refractivity contribution in [1.29, 1.82) is 0 Å². The molecule has 2 aromatic rings. The number of hydrogen-bond donors (Lipinski definition) is 1. The van der Waals surface area contributed by atoms with Crippen LogP contribution in [0.5, 0.6) is 0 Å². The van der Waals surface area contributed by atoms with Crippen LogP contribution in [0, 0.1) is 5.82 Å². The van der Waals surface area contributed by atoms with Crippen molar-refractivity contribution in [2.24, 2.45) is 0 Å². The van der Waals surface area contributed by atoms with Crippen LogP contribution < -0.4 is 5.32 Å². The molecule has 0 radical (unpaired) electrons. The topological polar surface area (TPSA) is 12.0 Å². The monoisotopic (exact) mass is 257 g/mol. The molecule has 0 spiro atoms. The zero-order chi connectivity index (χ0) is 13.8. The summed E-state index contributed by atoms with van der Waals surface area (Å²) in [6, 6.07) is 15.2. The smallest absolute Gasteiger partial charge is 0.123 e. The summed E-state index contributed by atoms with van der Waals surface area (Å²) in [6.45, 7) is 6.39. The molecule has 2 rings (SSSR count). The van der Waals surface area contributed by atoms with E-state index in [0.29, 0.717) is 5.92 Å². The molecule has 1 unspecified atom stereocenters. The highest BCUT2D eigenvalue weighted by Crippen LogP contribution is 2.23. The second kappa shape index (κ2) is 5.87. The maximum absolute atomic E-state index is 13.2. The summed E-state index contributed by atoms with van der Waals surface area (Å²) < 4.78 is 13.2. The molecule has 0 aliphatic rings. The van der Waals surface area contributed by atoms with Gasteiger partial charge in [-0.15, -0.1) is 0 Å². The Balaban J connectivity index is 2.14. The molecule has 0 amide bonds. The van der Waals surface area contributed by atoms with Gasteiger partial charge in [0.1, 0.15) is 5.82 Å². The molecule has 1 nitrogen and oxygen atoms in total. The van der Waals surface area contributed by atoms with Crippen LogP contribution in [0.4, 0.5) is 10.1 Å². The van der Waals surface area contributed by atoms with Gasteiger partial charge >= 0.3 is 0 Å². The van der Waals surface area contributed by atoms with Gasteiger partial charge < -0.3 is 5.32 Å². The van der Waals surface area contributed by atoms with Crippen molar-refractivity contribution in [2.75, 3.05) is 5.32 Å². The van der Waals surface area contributed by atoms with Gasteiger partial charge in [0.2, 0.25) is 0 Å². The first-order valence-electron chi connectivity index (χ1n) is 6.68. The number of hydrogen-bond acceptors (Lipinski definition) is 1. The summed E-state index contributed by atoms with van der Waals surface area (Å²) in [6.07, 6.45) is 0. The van der Waals surface area contributed by atoms with Crippen molar-refractivity contribution in [3.05, 3.63) is 65.5 Å². The maximum atomic E-state index is 13.2. The number of halogens is 1. The second-order valence-electron chi connectivity index (χ2n) is 5.20. The summed E-state index contributed by atoms with van der Waals surface area (Å²) in [5.41, 5.74) is 3.33. The molecule has 0 saturated heterocycles. The van der Waals surface area contributed by atoms with Crippen LogP contribution in [-0.2, 0) is 0 Å². The van der Waals surface area contributed by atoms with Gasteiger partial charge in [0.25, 0.3) is 0 Å². The Morgan fingerprint density at radius 2 is 1.58 bits per heavy atom. The SMILES string of the molecule is CC(C)c1cccc(NC(C)c2cccc(F)c2)c1. The fourth-order valence-corrected chi connectivity index (χ4v) is 2.10. The molecule has 19 heavy (non-hydrogen) atoms. The van der Waals surface area contributed by atoms with E-state index in [-0.39, 0.29) is 11.9 Å². The third-order valence-electron chi connectivity index (χ3n) is 3.29. The third kappa shape index (κ3) is 3.57. The van der Waals surface area contributed by atoms with E-state index in [9.17, 15) is 4.39 Å². The van der Waals surface area contributed by atoms with Gasteiger partial charge in [-0.05, 0) is 48.2 Å². The highest BCUT2D eigenvalue weighted by molar-refractivity contribution is 5.48. The van der Waals surface area contributed by atoms with Gasteiger partial charge in [-0.2, -0.15) is 0 Å². The van der Waals surface area contributed by atoms with E-state index in [2.05, 4.69) is 37.4 Å². The van der Waals surface area contributed by atoms with Gasteiger partial charge in [-0.25, -0.2) is 4.39 Å². The molecular weight excluding hydrogens is 237 g/mol. The van der Waals surface area contributed by atoms with Crippen molar-refractivity contribution < 1.29 is 4.39 Å². The lowest BCUT2D eigenvalue weighted by Crippen LogP contribution is -2.07. The van der Waals surface area contributed by atoms with E-state index < -0.39 is 0 Å². The Labute approximate surface area is 114 Å². The lowest BCUT2D eigenvalue weighted by atomic mass is 10.0. The highest BCUT2D eigenvalue weighted by atomic mass is 19.1. The lowest BCUT2D eigenvalue weighted by Gasteiger charge is -2.17. The molecule has 1 N–H and O–H groups in total. The van der Waals surface area contributed by atoms with Crippen molar-refractivity contribution in [1.82, 2.24) is 0 Å². The van der Waals surface area contributed by atoms with Gasteiger partial charge in [0, 0.05) is 11.7 Å². The van der Waals surface area contributed by atoms with Gasteiger partial charge in [-0.1, -0.05) is 38.1 Å². The fourth-order valence-electron chi connectivity index (χ4n) is 2.10. The predicted molar refractivity (Wildman–Crippen MR) is 79.0 cm³/mol. The van der Waals surface area contributed by atoms with Crippen LogP contribution >= 0.6 is 0 Å². The number of anilines is 1. The quantitative estimate of drug-likeness (QED) is 0.801. The molecule has 0 aromatic heterocycles. The molecule has 0 bridgehead atoms. The van der Waals surface area contributed by atoms with Gasteiger partial charge in [-0.3, -0.25) is 0 Å². The Kier molecular flexibility index (Phi) is 4.20. The molecule has 0 fully saturated rings. The first kappa shape index (κ1) is 13.6. The molecule has 1 atom stereocenters. The zero-order valence-corrected chi connectivity index (χ0v) is 11.7. The number of benzene rings is 2. The van der Waals surface area contributed by atoms with E-state index in [1.165, 1.54) is 11.6 Å². The lowest BCUT2D eigenvalue weighted by molar-refractivity contribution is 0.623. The highest BCUT2D eigenvalue weighted by Gasteiger charge is 2.07. The molecule has 0 aliphatic carbocycles. The number of nitrogens with one attached hydrogen (secondary N) is 1. The standard InChI is InChI=1S/C17H20FN/c1-12(2)14-6-5-9-17(11-14)19-13(3)15-7-4-8-16(18)10-15/h4-13,19H,1-3H3. The largest absolute Gasteiger partial charge is 0.379 e. The summed E-state index contributed by atoms with van der Waals surface area (Å²) in [5.74, 6) is 0.313. The normalized spacial score (nSPS) is 12.5. The number of rotatable bonds is 4. The minimum atomic E-state index is -0.193. The molecule has 0 aliphatic heterocycles. The van der Waals surface area contributed by atoms with Crippen LogP contribution in [0.3, 0.4) is 0 Å². The Morgan fingerprint density at radius 3 is 2.26 bits per heavy atom. The molecule has 100 valence electrons. The Bertz CT molecular complexity index is 548. The van der Waals surface area contributed by atoms with Crippen molar-refractivity contribution in [2.45, 2.75) is 32.7 Å². The third-order valence-corrected chi connectivity index (χ3v) is 3.29. The summed E-state index contributed by atoms with van der Waals surface area (Å²) in [7, 11) is 0. The first-order valence-corrected chi connectivity index (χ1v) is 6.68. The van der Waals surface area contributed by atoms with E-state index in [1.54, 1.807) is 12.1 Å². The Morgan fingerprint density at radius 1 is 0.895 bits per heavy atom. The van der Waals surface area contributed by atoms with E-state index in [0.717, 1.165) is 11.3 Å². The van der Waals surface area contributed by atoms with Gasteiger partial charge in [0.15, 0.2) is 0 Å². The molecule has 2 aromatic carbocycles. The molecule has 0 saturated carbocycles. The van der Waals surface area contributed by atoms with Gasteiger partial charge in [0.05, 0.1) is 0 Å². The van der Waals surface area contributed by atoms with E-state index in [4.69, 9.17) is 0 Å². The van der Waals surface area contributed by atoms with Crippen molar-refractivity contribution >= 4 is 5.69 Å². The molecule has 2 heteroatoms. The minimum absolute atomic E-state index is 0.0816. The average Bonchev–Trinajstić information content (AvgIpc) is 2.39. The molecule has 0 heterocycles. The van der Waals surface area contributed by atoms with Crippen LogP contribution in [0.15, 0.2) is 48.5 Å². The van der Waals surface area contributed by atoms with E-state index in [1.807, 2.05) is 19.1 Å². The van der Waals surface area contributed by atoms with Crippen LogP contribution in [-0.4, -0.2) is 0 Å². The zero-order valence-electron chi connectivity index (χ0n) is 11.7. The van der Waals surface area contributed by atoms with E-state index >= 15 is 0 Å². The molecular formula is C17H20FN. The summed E-state index contributed by atoms with van der Waals surface area (Å²) in [5, 5.41) is 3.41. The summed E-state index contributed by atoms with van der Waals surface area (Å²) >= 11 is 0. The Hall–Kier alpha value is -1.83. The fraction of sp³-hybridized carbons (Fsp3) is 0.294. The van der Waals surface area contributed by atoms with Crippen molar-refractivity contribution in [3.8, 4) is 0 Å². The predicted octanol–water partition coefficient (Wildman–Crippen LogP) is 5.12.